The molecule has 5 heteroatoms. The molecule has 0 aliphatic carbocycles. The molecule has 0 fully saturated rings. The van der Waals surface area contributed by atoms with Crippen molar-refractivity contribution in [2.45, 2.75) is 13.8 Å². The third-order valence-corrected chi connectivity index (χ3v) is 2.61. The average molecular weight is 233 g/mol. The third-order valence-electron chi connectivity index (χ3n) is 2.61. The molecule has 0 unspecified atom stereocenters. The van der Waals surface area contributed by atoms with E-state index in [1.54, 1.807) is 13.8 Å². The first-order valence-corrected chi connectivity index (χ1v) is 5.03. The summed E-state index contributed by atoms with van der Waals surface area (Å²) >= 11 is 0. The average Bonchev–Trinajstić information content (AvgIpc) is 2.38. The van der Waals surface area contributed by atoms with Crippen molar-refractivity contribution < 1.29 is 19.4 Å². The number of rotatable bonds is 1. The van der Waals surface area contributed by atoms with Crippen molar-refractivity contribution in [1.82, 2.24) is 0 Å². The molecule has 0 saturated carbocycles. The molecule has 88 valence electrons. The zero-order valence-electron chi connectivity index (χ0n) is 9.40. The smallest absolute Gasteiger partial charge is 0.335 e. The lowest BCUT2D eigenvalue weighted by molar-refractivity contribution is -0.112. The maximum Gasteiger partial charge on any atom is 0.335 e. The van der Waals surface area contributed by atoms with E-state index in [0.717, 1.165) is 0 Å². The highest BCUT2D eigenvalue weighted by molar-refractivity contribution is 6.05. The van der Waals surface area contributed by atoms with Crippen LogP contribution in [0.5, 0.6) is 5.75 Å². The predicted molar refractivity (Wildman–Crippen MR) is 61.0 cm³/mol. The fourth-order valence-corrected chi connectivity index (χ4v) is 1.47. The van der Waals surface area contributed by atoms with Gasteiger partial charge in [-0.3, -0.25) is 4.79 Å². The minimum atomic E-state index is -1.05. The molecule has 2 N–H and O–H groups in total. The normalized spacial score (nSPS) is 14.6. The zero-order valence-corrected chi connectivity index (χ0v) is 9.40. The van der Waals surface area contributed by atoms with Gasteiger partial charge in [0.05, 0.1) is 16.8 Å². The maximum atomic E-state index is 11.7. The van der Waals surface area contributed by atoms with E-state index >= 15 is 0 Å². The molecule has 1 heterocycles. The number of benzene rings is 1. The Labute approximate surface area is 97.7 Å². The fourth-order valence-electron chi connectivity index (χ4n) is 1.47. The molecule has 2 rings (SSSR count). The maximum absolute atomic E-state index is 11.7. The van der Waals surface area contributed by atoms with Crippen molar-refractivity contribution in [3.8, 4) is 5.75 Å². The molecule has 17 heavy (non-hydrogen) atoms. The Morgan fingerprint density at radius 1 is 1.35 bits per heavy atom. The molecule has 1 amide bonds. The monoisotopic (exact) mass is 233 g/mol. The number of ether oxygens (including phenoxy) is 1. The number of amides is 1. The number of nitrogens with one attached hydrogen (secondary N) is 1. The van der Waals surface area contributed by atoms with E-state index in [0.29, 0.717) is 22.8 Å². The minimum Gasteiger partial charge on any atom is -0.478 e. The predicted octanol–water partition coefficient (Wildman–Crippen LogP) is 2.01. The second kappa shape index (κ2) is 3.93. The number of carboxylic acids is 1. The standard InChI is InChI=1S/C12H11NO4/c1-6-7(2)17-10-4-3-8(12(15)16)5-9(10)13-11(6)14/h3-5H,1-2H3,(H,13,14)(H,15,16). The zero-order chi connectivity index (χ0) is 12.6. The first-order chi connectivity index (χ1) is 7.99. The summed E-state index contributed by atoms with van der Waals surface area (Å²) in [5.74, 6) is -0.390. The van der Waals surface area contributed by atoms with Gasteiger partial charge < -0.3 is 15.2 Å². The first kappa shape index (κ1) is 11.2. The molecule has 0 saturated heterocycles. The molecule has 1 aliphatic rings. The topological polar surface area (TPSA) is 75.6 Å². The van der Waals surface area contributed by atoms with Crippen LogP contribution < -0.4 is 10.1 Å². The van der Waals surface area contributed by atoms with Gasteiger partial charge in [0.15, 0.2) is 5.75 Å². The van der Waals surface area contributed by atoms with E-state index in [4.69, 9.17) is 9.84 Å². The van der Waals surface area contributed by atoms with E-state index < -0.39 is 5.97 Å². The largest absolute Gasteiger partial charge is 0.478 e. The molecule has 0 spiro atoms. The van der Waals surface area contributed by atoms with Crippen LogP contribution in [0.4, 0.5) is 5.69 Å². The number of aromatic carboxylic acids is 1. The molecule has 1 aliphatic heterocycles. The van der Waals surface area contributed by atoms with Crippen molar-refractivity contribution in [3.05, 3.63) is 35.1 Å². The summed E-state index contributed by atoms with van der Waals surface area (Å²) in [6.07, 6.45) is 0. The van der Waals surface area contributed by atoms with Crippen molar-refractivity contribution in [1.29, 1.82) is 0 Å². The van der Waals surface area contributed by atoms with E-state index in [2.05, 4.69) is 5.32 Å². The number of hydrogen-bond acceptors (Lipinski definition) is 3. The highest BCUT2D eigenvalue weighted by atomic mass is 16.5. The number of carbonyl (C=O) groups excluding carboxylic acids is 1. The number of hydrogen-bond donors (Lipinski definition) is 2. The van der Waals surface area contributed by atoms with Crippen LogP contribution in [-0.2, 0) is 4.79 Å². The van der Waals surface area contributed by atoms with E-state index in [1.165, 1.54) is 18.2 Å². The molecular weight excluding hydrogens is 222 g/mol. The van der Waals surface area contributed by atoms with Crippen LogP contribution in [0.2, 0.25) is 0 Å². The SMILES string of the molecule is CC1=C(C)C(=O)Nc2cc(C(=O)O)ccc2O1. The molecular formula is C12H11NO4. The lowest BCUT2D eigenvalue weighted by Gasteiger charge is -2.08. The highest BCUT2D eigenvalue weighted by Gasteiger charge is 2.19. The second-order valence-corrected chi connectivity index (χ2v) is 3.75. The minimum absolute atomic E-state index is 0.102. The molecule has 0 aromatic heterocycles. The fraction of sp³-hybridized carbons (Fsp3) is 0.167. The summed E-state index contributed by atoms with van der Waals surface area (Å²) in [7, 11) is 0. The van der Waals surface area contributed by atoms with Gasteiger partial charge in [-0.15, -0.1) is 0 Å². The van der Waals surface area contributed by atoms with Crippen LogP contribution in [0.15, 0.2) is 29.5 Å². The van der Waals surface area contributed by atoms with E-state index in [9.17, 15) is 9.59 Å². The van der Waals surface area contributed by atoms with Crippen LogP contribution in [-0.4, -0.2) is 17.0 Å². The lowest BCUT2D eigenvalue weighted by Crippen LogP contribution is -2.12. The Morgan fingerprint density at radius 3 is 2.71 bits per heavy atom. The number of fused-ring (bicyclic) bond motifs is 1. The number of carboxylic acid groups (broad SMARTS) is 1. The Morgan fingerprint density at radius 2 is 2.06 bits per heavy atom. The molecule has 1 aromatic carbocycles. The van der Waals surface area contributed by atoms with Gasteiger partial charge in [-0.1, -0.05) is 0 Å². The van der Waals surface area contributed by atoms with Crippen LogP contribution >= 0.6 is 0 Å². The van der Waals surface area contributed by atoms with E-state index in [-0.39, 0.29) is 11.5 Å². The van der Waals surface area contributed by atoms with Crippen molar-refractivity contribution >= 4 is 17.6 Å². The van der Waals surface area contributed by atoms with Crippen molar-refractivity contribution in [2.24, 2.45) is 0 Å². The number of carbonyl (C=O) groups is 2. The van der Waals surface area contributed by atoms with Gasteiger partial charge in [0, 0.05) is 0 Å². The Kier molecular flexibility index (Phi) is 2.59. The van der Waals surface area contributed by atoms with Crippen LogP contribution in [0.1, 0.15) is 24.2 Å². The molecule has 0 bridgehead atoms. The van der Waals surface area contributed by atoms with Gasteiger partial charge in [-0.25, -0.2) is 4.79 Å². The van der Waals surface area contributed by atoms with Crippen molar-refractivity contribution in [2.75, 3.05) is 5.32 Å². The summed E-state index contributed by atoms with van der Waals surface area (Å²) in [5, 5.41) is 11.5. The summed E-state index contributed by atoms with van der Waals surface area (Å²) < 4.78 is 5.48. The molecule has 1 aromatic rings. The van der Waals surface area contributed by atoms with Gasteiger partial charge in [-0.2, -0.15) is 0 Å². The molecule has 0 radical (unpaired) electrons. The first-order valence-electron chi connectivity index (χ1n) is 5.03. The van der Waals surface area contributed by atoms with Gasteiger partial charge in [0.1, 0.15) is 5.76 Å². The van der Waals surface area contributed by atoms with Crippen LogP contribution in [0.25, 0.3) is 0 Å². The van der Waals surface area contributed by atoms with Gasteiger partial charge in [0.2, 0.25) is 0 Å². The Balaban J connectivity index is 2.49. The Bertz CT molecular complexity index is 545. The van der Waals surface area contributed by atoms with Crippen LogP contribution in [0, 0.1) is 0 Å². The second-order valence-electron chi connectivity index (χ2n) is 3.75. The van der Waals surface area contributed by atoms with Gasteiger partial charge in [0.25, 0.3) is 5.91 Å². The van der Waals surface area contributed by atoms with Crippen LogP contribution in [0.3, 0.4) is 0 Å². The van der Waals surface area contributed by atoms with Crippen molar-refractivity contribution in [3.63, 3.8) is 0 Å². The summed E-state index contributed by atoms with van der Waals surface area (Å²) in [6.45, 7) is 3.34. The van der Waals surface area contributed by atoms with E-state index in [1.807, 2.05) is 0 Å². The highest BCUT2D eigenvalue weighted by Crippen LogP contribution is 2.31. The van der Waals surface area contributed by atoms with Gasteiger partial charge in [-0.05, 0) is 32.0 Å². The summed E-state index contributed by atoms with van der Waals surface area (Å²) in [5.41, 5.74) is 0.939. The van der Waals surface area contributed by atoms with Gasteiger partial charge >= 0.3 is 5.97 Å². The number of anilines is 1. The quantitative estimate of drug-likeness (QED) is 0.778. The lowest BCUT2D eigenvalue weighted by atomic mass is 10.2. The molecule has 0 atom stereocenters. The third kappa shape index (κ3) is 1.99. The summed E-state index contributed by atoms with van der Waals surface area (Å²) in [6, 6.07) is 4.34. The number of allylic oxidation sites excluding steroid dienone is 1. The summed E-state index contributed by atoms with van der Waals surface area (Å²) in [4.78, 5) is 22.5. The molecule has 5 nitrogen and oxygen atoms in total. The Hall–Kier alpha value is -2.30.